The minimum Gasteiger partial charge on any atom is -0.493 e. The van der Waals surface area contributed by atoms with Crippen molar-refractivity contribution in [3.8, 4) is 5.75 Å². The zero-order valence-corrected chi connectivity index (χ0v) is 12.9. The van der Waals surface area contributed by atoms with Gasteiger partial charge in [-0.25, -0.2) is 0 Å². The van der Waals surface area contributed by atoms with E-state index in [1.165, 1.54) is 11.1 Å². The van der Waals surface area contributed by atoms with E-state index >= 15 is 0 Å². The van der Waals surface area contributed by atoms with Crippen LogP contribution in [0.1, 0.15) is 17.5 Å². The fourth-order valence-electron chi connectivity index (χ4n) is 3.00. The largest absolute Gasteiger partial charge is 0.493 e. The smallest absolute Gasteiger partial charge is 0.123 e. The number of rotatable bonds is 3. The lowest BCUT2D eigenvalue weighted by Gasteiger charge is -2.38. The zero-order chi connectivity index (χ0) is 14.0. The molecule has 20 heavy (non-hydrogen) atoms. The molecular formula is C17H18BrNO. The Balaban J connectivity index is 2.03. The number of hydrogen-bond acceptors (Lipinski definition) is 2. The summed E-state index contributed by atoms with van der Waals surface area (Å²) in [5.41, 5.74) is 8.69. The number of halogens is 1. The van der Waals surface area contributed by atoms with Crippen LogP contribution in [0.25, 0.3) is 0 Å². The van der Waals surface area contributed by atoms with Crippen molar-refractivity contribution in [2.45, 2.75) is 18.3 Å². The van der Waals surface area contributed by atoms with Gasteiger partial charge in [-0.1, -0.05) is 52.3 Å². The van der Waals surface area contributed by atoms with E-state index in [0.717, 1.165) is 29.7 Å². The molecule has 0 bridgehead atoms. The first kappa shape index (κ1) is 13.7. The SMILES string of the molecule is NCC1(Cc2ccccc2Br)CCOc2ccccc21. The standard InChI is InChI=1S/C17H18BrNO/c18-15-7-3-1-5-13(15)11-17(12-19)9-10-20-16-8-4-2-6-14(16)17/h1-8H,9-12,19H2. The monoisotopic (exact) mass is 331 g/mol. The molecule has 3 heteroatoms. The molecule has 2 N–H and O–H groups in total. The van der Waals surface area contributed by atoms with Gasteiger partial charge in [0.25, 0.3) is 0 Å². The van der Waals surface area contributed by atoms with Crippen molar-refractivity contribution < 1.29 is 4.74 Å². The third-order valence-corrected chi connectivity index (χ3v) is 4.95. The lowest BCUT2D eigenvalue weighted by Crippen LogP contribution is -2.41. The Kier molecular flexibility index (Phi) is 3.81. The Bertz CT molecular complexity index is 613. The molecule has 1 unspecified atom stereocenters. The van der Waals surface area contributed by atoms with Gasteiger partial charge >= 0.3 is 0 Å². The molecule has 0 spiro atoms. The van der Waals surface area contributed by atoms with Crippen LogP contribution in [0, 0.1) is 0 Å². The first-order valence-corrected chi connectivity index (χ1v) is 7.70. The van der Waals surface area contributed by atoms with Gasteiger partial charge in [0.15, 0.2) is 0 Å². The van der Waals surface area contributed by atoms with E-state index in [-0.39, 0.29) is 5.41 Å². The second kappa shape index (κ2) is 5.58. The maximum absolute atomic E-state index is 6.18. The average molecular weight is 332 g/mol. The van der Waals surface area contributed by atoms with Crippen LogP contribution in [-0.2, 0) is 11.8 Å². The summed E-state index contributed by atoms with van der Waals surface area (Å²) >= 11 is 3.64. The summed E-state index contributed by atoms with van der Waals surface area (Å²) in [6, 6.07) is 16.7. The van der Waals surface area contributed by atoms with Crippen LogP contribution < -0.4 is 10.5 Å². The first-order chi connectivity index (χ1) is 9.75. The molecule has 1 aliphatic rings. The van der Waals surface area contributed by atoms with E-state index < -0.39 is 0 Å². The topological polar surface area (TPSA) is 35.2 Å². The summed E-state index contributed by atoms with van der Waals surface area (Å²) < 4.78 is 6.93. The lowest BCUT2D eigenvalue weighted by molar-refractivity contribution is 0.215. The van der Waals surface area contributed by atoms with Crippen molar-refractivity contribution in [2.75, 3.05) is 13.2 Å². The Morgan fingerprint density at radius 3 is 2.65 bits per heavy atom. The predicted octanol–water partition coefficient (Wildman–Crippen LogP) is 3.67. The Hall–Kier alpha value is -1.32. The Morgan fingerprint density at radius 1 is 1.10 bits per heavy atom. The molecule has 104 valence electrons. The van der Waals surface area contributed by atoms with E-state index in [2.05, 4.69) is 46.3 Å². The molecule has 0 saturated carbocycles. The van der Waals surface area contributed by atoms with Gasteiger partial charge in [-0.2, -0.15) is 0 Å². The highest BCUT2D eigenvalue weighted by atomic mass is 79.9. The van der Waals surface area contributed by atoms with Crippen LogP contribution in [0.5, 0.6) is 5.75 Å². The summed E-state index contributed by atoms with van der Waals surface area (Å²) in [5, 5.41) is 0. The summed E-state index contributed by atoms with van der Waals surface area (Å²) in [7, 11) is 0. The number of hydrogen-bond donors (Lipinski definition) is 1. The van der Waals surface area contributed by atoms with E-state index in [1.807, 2.05) is 18.2 Å². The fraction of sp³-hybridized carbons (Fsp3) is 0.294. The second-order valence-electron chi connectivity index (χ2n) is 5.35. The van der Waals surface area contributed by atoms with Crippen molar-refractivity contribution >= 4 is 15.9 Å². The zero-order valence-electron chi connectivity index (χ0n) is 11.3. The molecule has 0 amide bonds. The molecule has 0 aromatic heterocycles. The molecule has 0 fully saturated rings. The molecule has 0 saturated heterocycles. The Labute approximate surface area is 128 Å². The average Bonchev–Trinajstić information content (AvgIpc) is 2.50. The van der Waals surface area contributed by atoms with Gasteiger partial charge in [0.05, 0.1) is 6.61 Å². The fourth-order valence-corrected chi connectivity index (χ4v) is 3.42. The van der Waals surface area contributed by atoms with E-state index in [0.29, 0.717) is 6.54 Å². The minimum atomic E-state index is -0.0291. The minimum absolute atomic E-state index is 0.0291. The molecule has 1 heterocycles. The predicted molar refractivity (Wildman–Crippen MR) is 85.1 cm³/mol. The van der Waals surface area contributed by atoms with Crippen molar-refractivity contribution in [2.24, 2.45) is 5.73 Å². The highest BCUT2D eigenvalue weighted by Crippen LogP contribution is 2.41. The highest BCUT2D eigenvalue weighted by Gasteiger charge is 2.36. The van der Waals surface area contributed by atoms with Gasteiger partial charge in [0.1, 0.15) is 5.75 Å². The maximum Gasteiger partial charge on any atom is 0.123 e. The second-order valence-corrected chi connectivity index (χ2v) is 6.20. The van der Waals surface area contributed by atoms with Gasteiger partial charge in [0, 0.05) is 22.0 Å². The third-order valence-electron chi connectivity index (χ3n) is 4.17. The van der Waals surface area contributed by atoms with Crippen LogP contribution in [-0.4, -0.2) is 13.2 Å². The normalized spacial score (nSPS) is 21.1. The number of fused-ring (bicyclic) bond motifs is 1. The molecule has 3 rings (SSSR count). The Morgan fingerprint density at radius 2 is 1.85 bits per heavy atom. The summed E-state index contributed by atoms with van der Waals surface area (Å²) in [4.78, 5) is 0. The van der Waals surface area contributed by atoms with Crippen LogP contribution in [0.4, 0.5) is 0 Å². The number of benzene rings is 2. The molecule has 1 atom stereocenters. The molecule has 0 aliphatic carbocycles. The molecule has 2 aromatic carbocycles. The molecule has 2 aromatic rings. The van der Waals surface area contributed by atoms with Gasteiger partial charge < -0.3 is 10.5 Å². The summed E-state index contributed by atoms with van der Waals surface area (Å²) in [6.07, 6.45) is 1.90. The van der Waals surface area contributed by atoms with Crippen molar-refractivity contribution in [1.82, 2.24) is 0 Å². The maximum atomic E-state index is 6.18. The summed E-state index contributed by atoms with van der Waals surface area (Å²) in [5.74, 6) is 0.983. The van der Waals surface area contributed by atoms with Gasteiger partial charge in [-0.3, -0.25) is 0 Å². The highest BCUT2D eigenvalue weighted by molar-refractivity contribution is 9.10. The van der Waals surface area contributed by atoms with Crippen LogP contribution in [0.15, 0.2) is 53.0 Å². The number of nitrogens with two attached hydrogens (primary N) is 1. The van der Waals surface area contributed by atoms with Crippen molar-refractivity contribution in [1.29, 1.82) is 0 Å². The van der Waals surface area contributed by atoms with Crippen LogP contribution in [0.2, 0.25) is 0 Å². The molecule has 2 nitrogen and oxygen atoms in total. The third kappa shape index (κ3) is 2.36. The van der Waals surface area contributed by atoms with Crippen molar-refractivity contribution in [3.63, 3.8) is 0 Å². The van der Waals surface area contributed by atoms with Crippen molar-refractivity contribution in [3.05, 3.63) is 64.1 Å². The van der Waals surface area contributed by atoms with Crippen LogP contribution >= 0.6 is 15.9 Å². The number of ether oxygens (including phenoxy) is 1. The van der Waals surface area contributed by atoms with E-state index in [9.17, 15) is 0 Å². The van der Waals surface area contributed by atoms with Gasteiger partial charge in [-0.15, -0.1) is 0 Å². The number of para-hydroxylation sites is 1. The summed E-state index contributed by atoms with van der Waals surface area (Å²) in [6.45, 7) is 1.37. The van der Waals surface area contributed by atoms with Crippen LogP contribution in [0.3, 0.4) is 0 Å². The van der Waals surface area contributed by atoms with E-state index in [4.69, 9.17) is 10.5 Å². The van der Waals surface area contributed by atoms with Gasteiger partial charge in [-0.05, 0) is 30.5 Å². The van der Waals surface area contributed by atoms with E-state index in [1.54, 1.807) is 0 Å². The first-order valence-electron chi connectivity index (χ1n) is 6.91. The lowest BCUT2D eigenvalue weighted by atomic mass is 9.72. The molecule has 0 radical (unpaired) electrons. The van der Waals surface area contributed by atoms with Gasteiger partial charge in [0.2, 0.25) is 0 Å². The quantitative estimate of drug-likeness (QED) is 0.931. The molecular weight excluding hydrogens is 314 g/mol. The molecule has 1 aliphatic heterocycles.